The van der Waals surface area contributed by atoms with Gasteiger partial charge >= 0.3 is 11.9 Å². The molecule has 0 saturated heterocycles. The fraction of sp³-hybridized carbons (Fsp3) is 0.400. The van der Waals surface area contributed by atoms with Crippen LogP contribution in [0.1, 0.15) is 71.3 Å². The SMILES string of the molecule is COc1nc(O[C@H]2CCc3c(-c4cccc5c4CC[C@@H]5Oc4nc(OC)c(CNC[C@@H](O)CC(=O)O)cc4Cl)cccc32)c(Cl)cc1CNC[C@@H](O)CC(=O)O. The van der Waals surface area contributed by atoms with Crippen LogP contribution in [0.15, 0.2) is 48.5 Å². The second kappa shape index (κ2) is 18.5. The van der Waals surface area contributed by atoms with Gasteiger partial charge in [0.25, 0.3) is 0 Å². The number of hydrogen-bond acceptors (Lipinski definition) is 12. The highest BCUT2D eigenvalue weighted by molar-refractivity contribution is 6.32. The van der Waals surface area contributed by atoms with Crippen molar-refractivity contribution in [2.45, 2.75) is 76.0 Å². The summed E-state index contributed by atoms with van der Waals surface area (Å²) in [5, 5.41) is 44.2. The van der Waals surface area contributed by atoms with Crippen molar-refractivity contribution in [3.8, 4) is 34.6 Å². The molecule has 56 heavy (non-hydrogen) atoms. The number of methoxy groups -OCH3 is 2. The van der Waals surface area contributed by atoms with Gasteiger partial charge in [0.05, 0.1) is 39.3 Å². The fourth-order valence-corrected chi connectivity index (χ4v) is 7.74. The second-order valence-electron chi connectivity index (χ2n) is 13.7. The van der Waals surface area contributed by atoms with Crippen LogP contribution < -0.4 is 29.6 Å². The predicted molar refractivity (Wildman–Crippen MR) is 207 cm³/mol. The van der Waals surface area contributed by atoms with E-state index in [1.165, 1.54) is 25.3 Å². The second-order valence-corrected chi connectivity index (χ2v) is 14.5. The van der Waals surface area contributed by atoms with E-state index in [0.717, 1.165) is 47.9 Å². The van der Waals surface area contributed by atoms with Crippen LogP contribution in [-0.2, 0) is 35.5 Å². The highest BCUT2D eigenvalue weighted by atomic mass is 35.5. The van der Waals surface area contributed by atoms with E-state index in [1.807, 2.05) is 12.1 Å². The smallest absolute Gasteiger partial charge is 0.306 e. The Labute approximate surface area is 333 Å². The summed E-state index contributed by atoms with van der Waals surface area (Å²) in [6, 6.07) is 15.8. The van der Waals surface area contributed by atoms with Gasteiger partial charge in [0.15, 0.2) is 0 Å². The number of nitrogens with zero attached hydrogens (tertiary/aromatic N) is 2. The molecule has 0 aliphatic heterocycles. The lowest BCUT2D eigenvalue weighted by Gasteiger charge is -2.19. The van der Waals surface area contributed by atoms with Crippen molar-refractivity contribution in [2.75, 3.05) is 27.3 Å². The van der Waals surface area contributed by atoms with Gasteiger partial charge in [-0.3, -0.25) is 9.59 Å². The van der Waals surface area contributed by atoms with Crippen LogP contribution in [0, 0.1) is 0 Å². The van der Waals surface area contributed by atoms with Crippen molar-refractivity contribution >= 4 is 35.1 Å². The van der Waals surface area contributed by atoms with Crippen molar-refractivity contribution in [1.29, 1.82) is 0 Å². The highest BCUT2D eigenvalue weighted by Gasteiger charge is 2.32. The van der Waals surface area contributed by atoms with Crippen molar-refractivity contribution in [3.05, 3.63) is 92.0 Å². The standard InChI is InChI=1S/C40H44Cl2N4O10/c1-53-37-21(17-43-19-23(47)15-35(49)50)13-31(41)39(45-37)55-33-11-9-27-25(5-3-7-29(27)33)26-6-4-8-30-28(26)10-12-34(30)56-40-32(42)14-22(38(46-40)54-2)18-44-20-24(48)16-36(51)52/h3-8,13-14,23-24,33-34,43-44,47-48H,9-12,15-20H2,1-2H3,(H,49,50)(H,51,52)/t23-,24-,33-,34-/m0/s1. The lowest BCUT2D eigenvalue weighted by Crippen LogP contribution is -2.28. The third-order valence-electron chi connectivity index (χ3n) is 9.79. The summed E-state index contributed by atoms with van der Waals surface area (Å²) in [5.41, 5.74) is 7.99. The summed E-state index contributed by atoms with van der Waals surface area (Å²) in [4.78, 5) is 30.8. The lowest BCUT2D eigenvalue weighted by atomic mass is 9.91. The molecule has 14 nitrogen and oxygen atoms in total. The number of aliphatic carboxylic acids is 2. The molecule has 0 saturated carbocycles. The van der Waals surface area contributed by atoms with E-state index >= 15 is 0 Å². The normalized spacial score (nSPS) is 16.8. The Morgan fingerprint density at radius 1 is 0.714 bits per heavy atom. The molecule has 2 heterocycles. The molecule has 16 heteroatoms. The van der Waals surface area contributed by atoms with Gasteiger partial charge in [0, 0.05) is 37.3 Å². The molecule has 0 unspecified atom stereocenters. The number of rotatable bonds is 19. The molecule has 4 atom stereocenters. The van der Waals surface area contributed by atoms with Gasteiger partial charge in [0.1, 0.15) is 22.3 Å². The molecular formula is C40H44Cl2N4O10. The Morgan fingerprint density at radius 3 is 1.50 bits per heavy atom. The first kappa shape index (κ1) is 40.9. The van der Waals surface area contributed by atoms with Gasteiger partial charge in [-0.1, -0.05) is 59.6 Å². The molecule has 2 aromatic carbocycles. The Balaban J connectivity index is 1.16. The minimum Gasteiger partial charge on any atom is -0.481 e. The number of carbonyl (C=O) groups is 2. The lowest BCUT2D eigenvalue weighted by molar-refractivity contribution is -0.140. The zero-order valence-corrected chi connectivity index (χ0v) is 32.4. The molecule has 2 aliphatic carbocycles. The molecular weight excluding hydrogens is 767 g/mol. The van der Waals surface area contributed by atoms with E-state index in [9.17, 15) is 19.8 Å². The molecule has 2 aliphatic rings. The van der Waals surface area contributed by atoms with E-state index in [2.05, 4.69) is 44.9 Å². The van der Waals surface area contributed by atoms with E-state index in [1.54, 1.807) is 12.1 Å². The summed E-state index contributed by atoms with van der Waals surface area (Å²) in [5.74, 6) is -1.07. The van der Waals surface area contributed by atoms with Gasteiger partial charge in [-0.05, 0) is 71.2 Å². The van der Waals surface area contributed by atoms with E-state index in [0.29, 0.717) is 32.9 Å². The van der Waals surface area contributed by atoms with Gasteiger partial charge in [0.2, 0.25) is 23.5 Å². The summed E-state index contributed by atoms with van der Waals surface area (Å²) in [6.45, 7) is 0.656. The zero-order valence-electron chi connectivity index (χ0n) is 30.9. The third kappa shape index (κ3) is 9.63. The van der Waals surface area contributed by atoms with Gasteiger partial charge in [-0.15, -0.1) is 0 Å². The highest BCUT2D eigenvalue weighted by Crippen LogP contribution is 2.46. The maximum Gasteiger partial charge on any atom is 0.306 e. The minimum atomic E-state index is -1.08. The average molecular weight is 812 g/mol. The zero-order chi connectivity index (χ0) is 39.9. The molecule has 6 N–H and O–H groups in total. The van der Waals surface area contributed by atoms with E-state index in [-0.39, 0.29) is 63.0 Å². The van der Waals surface area contributed by atoms with Crippen molar-refractivity contribution < 1.29 is 49.0 Å². The Kier molecular flexibility index (Phi) is 13.5. The van der Waals surface area contributed by atoms with Gasteiger partial charge < -0.3 is 50.0 Å². The average Bonchev–Trinajstić information content (AvgIpc) is 3.77. The van der Waals surface area contributed by atoms with Crippen molar-refractivity contribution in [1.82, 2.24) is 20.6 Å². The van der Waals surface area contributed by atoms with Crippen LogP contribution in [0.4, 0.5) is 0 Å². The van der Waals surface area contributed by atoms with Gasteiger partial charge in [-0.25, -0.2) is 0 Å². The molecule has 0 radical (unpaired) electrons. The Morgan fingerprint density at radius 2 is 1.12 bits per heavy atom. The molecule has 0 amide bonds. The number of halogens is 2. The van der Waals surface area contributed by atoms with Crippen molar-refractivity contribution in [3.63, 3.8) is 0 Å². The number of carboxylic acids is 2. The van der Waals surface area contributed by atoms with Crippen LogP contribution in [-0.4, -0.2) is 81.8 Å². The Hall–Kier alpha value is -4.70. The molecule has 4 aromatic rings. The predicted octanol–water partition coefficient (Wildman–Crippen LogP) is 5.45. The summed E-state index contributed by atoms with van der Waals surface area (Å²) in [7, 11) is 2.99. The number of hydrogen-bond donors (Lipinski definition) is 6. The number of aromatic nitrogens is 2. The first-order chi connectivity index (χ1) is 26.9. The molecule has 0 spiro atoms. The Bertz CT molecular complexity index is 1920. The maximum atomic E-state index is 10.9. The van der Waals surface area contributed by atoms with E-state index in [4.69, 9.17) is 52.4 Å². The number of benzene rings is 2. The van der Waals surface area contributed by atoms with Gasteiger partial charge in [-0.2, -0.15) is 9.97 Å². The van der Waals surface area contributed by atoms with Crippen LogP contribution >= 0.6 is 23.2 Å². The number of pyridine rings is 2. The maximum absolute atomic E-state index is 10.9. The molecule has 0 fully saturated rings. The summed E-state index contributed by atoms with van der Waals surface area (Å²) < 4.78 is 23.9. The summed E-state index contributed by atoms with van der Waals surface area (Å²) in [6.07, 6.45) is -0.375. The van der Waals surface area contributed by atoms with Crippen LogP contribution in [0.3, 0.4) is 0 Å². The molecule has 298 valence electrons. The van der Waals surface area contributed by atoms with Crippen LogP contribution in [0.2, 0.25) is 10.0 Å². The third-order valence-corrected chi connectivity index (χ3v) is 10.3. The number of aliphatic hydroxyl groups is 2. The summed E-state index contributed by atoms with van der Waals surface area (Å²) >= 11 is 13.3. The molecule has 2 aromatic heterocycles. The quantitative estimate of drug-likeness (QED) is 0.0698. The number of carboxylic acid groups (broad SMARTS) is 2. The number of ether oxygens (including phenoxy) is 4. The van der Waals surface area contributed by atoms with Crippen LogP contribution in [0.25, 0.3) is 11.1 Å². The topological polar surface area (TPSA) is 202 Å². The number of aliphatic hydroxyl groups excluding tert-OH is 2. The monoisotopic (exact) mass is 810 g/mol. The largest absolute Gasteiger partial charge is 0.481 e. The first-order valence-electron chi connectivity index (χ1n) is 18.2. The number of nitrogens with one attached hydrogen (secondary N) is 2. The van der Waals surface area contributed by atoms with Crippen LogP contribution in [0.5, 0.6) is 23.5 Å². The molecule has 0 bridgehead atoms. The fourth-order valence-electron chi connectivity index (χ4n) is 7.31. The van der Waals surface area contributed by atoms with E-state index < -0.39 is 24.1 Å². The minimum absolute atomic E-state index is 0.0754. The number of fused-ring (bicyclic) bond motifs is 2. The van der Waals surface area contributed by atoms with Crippen molar-refractivity contribution in [2.24, 2.45) is 0 Å². The first-order valence-corrected chi connectivity index (χ1v) is 19.0. The molecule has 6 rings (SSSR count).